The Kier molecular flexibility index (Phi) is 9.79. The van der Waals surface area contributed by atoms with Crippen LogP contribution in [0.5, 0.6) is 5.75 Å². The van der Waals surface area contributed by atoms with E-state index in [0.717, 1.165) is 5.56 Å². The number of hydrogen-bond donors (Lipinski definition) is 1. The molecule has 0 bridgehead atoms. The van der Waals surface area contributed by atoms with E-state index in [4.69, 9.17) is 30.5 Å². The van der Waals surface area contributed by atoms with Crippen LogP contribution in [-0.2, 0) is 0 Å². The van der Waals surface area contributed by atoms with Crippen LogP contribution in [0.4, 0.5) is 0 Å². The number of aryl methyl sites for hydroxylation is 1. The number of aromatic hydroxyl groups is 1. The van der Waals surface area contributed by atoms with Crippen LogP contribution in [0.15, 0.2) is 18.2 Å². The van der Waals surface area contributed by atoms with Gasteiger partial charge in [-0.3, -0.25) is 13.7 Å². The molecule has 0 heterocycles. The Morgan fingerprint density at radius 3 is 1.87 bits per heavy atom. The second kappa shape index (κ2) is 8.04. The summed E-state index contributed by atoms with van der Waals surface area (Å²) < 4.78 is 34.5. The van der Waals surface area contributed by atoms with Gasteiger partial charge in [0.2, 0.25) is 0 Å². The molecule has 0 saturated heterocycles. The Labute approximate surface area is 120 Å². The minimum Gasteiger partial charge on any atom is -0.506 e. The fourth-order valence-corrected chi connectivity index (χ4v) is 0.740. The SMILES string of the molecule is Cc1ccc(Cl)c(O)c1.[Na+].[O-][I+3]([O-])([O-])[O-]. The molecule has 0 saturated carbocycles. The Morgan fingerprint density at radius 1 is 1.20 bits per heavy atom. The van der Waals surface area contributed by atoms with Crippen LogP contribution < -0.4 is 63.4 Å². The zero-order valence-corrected chi connectivity index (χ0v) is 13.0. The number of hydrogen-bond acceptors (Lipinski definition) is 5. The molecule has 0 aliphatic heterocycles. The van der Waals surface area contributed by atoms with E-state index in [2.05, 4.69) is 0 Å². The van der Waals surface area contributed by atoms with Crippen molar-refractivity contribution in [2.45, 2.75) is 6.92 Å². The van der Waals surface area contributed by atoms with Crippen molar-refractivity contribution < 1.29 is 68.5 Å². The molecule has 0 radical (unpaired) electrons. The van der Waals surface area contributed by atoms with Crippen LogP contribution in [0.25, 0.3) is 0 Å². The molecular formula is C7H7ClINaO5. The van der Waals surface area contributed by atoms with Crippen LogP contribution >= 0.6 is 11.6 Å². The van der Waals surface area contributed by atoms with Gasteiger partial charge in [0.1, 0.15) is 25.8 Å². The van der Waals surface area contributed by atoms with Crippen LogP contribution in [0, 0.1) is 6.92 Å². The summed E-state index contributed by atoms with van der Waals surface area (Å²) in [6.07, 6.45) is 0. The standard InChI is InChI=1S/C7H7ClO.IO4.Na/c1-5-2-3-6(8)7(9)4-5;2-1(3,4)5;/h2-4,9H,1H3;;/q;-1;+1. The Balaban J connectivity index is 0. The number of rotatable bonds is 0. The molecule has 0 amide bonds. The molecular weight excluding hydrogens is 349 g/mol. The number of benzene rings is 1. The molecule has 0 aliphatic carbocycles. The minimum absolute atomic E-state index is 0. The molecule has 80 valence electrons. The fourth-order valence-electron chi connectivity index (χ4n) is 0.623. The van der Waals surface area contributed by atoms with Gasteiger partial charge in [-0.2, -0.15) is 0 Å². The maximum Gasteiger partial charge on any atom is 1.00 e. The molecule has 0 atom stereocenters. The first-order valence-corrected chi connectivity index (χ1v) is 7.17. The van der Waals surface area contributed by atoms with Crippen LogP contribution in [-0.4, -0.2) is 5.11 Å². The van der Waals surface area contributed by atoms with Gasteiger partial charge < -0.3 is 5.11 Å². The smallest absolute Gasteiger partial charge is 0.506 e. The van der Waals surface area contributed by atoms with E-state index in [0.29, 0.717) is 5.02 Å². The van der Waals surface area contributed by atoms with Gasteiger partial charge in [0.05, 0.1) is 5.02 Å². The third kappa shape index (κ3) is 12.8. The molecule has 0 fully saturated rings. The van der Waals surface area contributed by atoms with E-state index in [9.17, 15) is 0 Å². The minimum atomic E-state index is -5.94. The molecule has 1 N–H and O–H groups in total. The summed E-state index contributed by atoms with van der Waals surface area (Å²) in [5.74, 6) is 0.150. The zero-order valence-electron chi connectivity index (χ0n) is 8.07. The third-order valence-corrected chi connectivity index (χ3v) is 1.42. The number of phenols is 1. The summed E-state index contributed by atoms with van der Waals surface area (Å²) in [7, 11) is 0. The molecule has 1 aromatic carbocycles. The third-order valence-electron chi connectivity index (χ3n) is 1.10. The van der Waals surface area contributed by atoms with Gasteiger partial charge in [-0.1, -0.05) is 17.7 Å². The average molecular weight is 356 g/mol. The van der Waals surface area contributed by atoms with Crippen molar-refractivity contribution >= 4 is 11.6 Å². The van der Waals surface area contributed by atoms with Crippen LogP contribution in [0.2, 0.25) is 5.02 Å². The van der Waals surface area contributed by atoms with Crippen molar-refractivity contribution in [3.8, 4) is 5.75 Å². The summed E-state index contributed by atoms with van der Waals surface area (Å²) in [4.78, 5) is 0. The predicted molar refractivity (Wildman–Crippen MR) is 37.9 cm³/mol. The number of halogens is 2. The molecule has 0 aliphatic rings. The van der Waals surface area contributed by atoms with Crippen molar-refractivity contribution in [1.29, 1.82) is 0 Å². The van der Waals surface area contributed by atoms with Gasteiger partial charge in [-0.05, 0) is 24.6 Å². The molecule has 0 spiro atoms. The van der Waals surface area contributed by atoms with E-state index in [1.54, 1.807) is 12.1 Å². The molecule has 8 heteroatoms. The van der Waals surface area contributed by atoms with Gasteiger partial charge >= 0.3 is 29.6 Å². The summed E-state index contributed by atoms with van der Waals surface area (Å²) in [6, 6.07) is 5.15. The quantitative estimate of drug-likeness (QED) is 0.366. The molecule has 1 rings (SSSR count). The van der Waals surface area contributed by atoms with E-state index < -0.39 is 20.1 Å². The molecule has 0 aromatic heterocycles. The van der Waals surface area contributed by atoms with Crippen LogP contribution in [0.3, 0.4) is 0 Å². The maximum atomic E-state index is 8.97. The summed E-state index contributed by atoms with van der Waals surface area (Å²) in [6.45, 7) is 1.90. The Bertz CT molecular complexity index is 298. The molecule has 15 heavy (non-hydrogen) atoms. The van der Waals surface area contributed by atoms with Gasteiger partial charge in [0, 0.05) is 0 Å². The molecule has 1 aromatic rings. The van der Waals surface area contributed by atoms with E-state index in [1.807, 2.05) is 13.0 Å². The summed E-state index contributed by atoms with van der Waals surface area (Å²) in [5, 5.41) is 9.37. The Morgan fingerprint density at radius 2 is 1.60 bits per heavy atom. The first-order chi connectivity index (χ1) is 6.20. The largest absolute Gasteiger partial charge is 1.00 e. The van der Waals surface area contributed by atoms with Gasteiger partial charge in [-0.25, -0.2) is 0 Å². The van der Waals surface area contributed by atoms with Gasteiger partial charge in [0.15, 0.2) is 0 Å². The summed E-state index contributed by atoms with van der Waals surface area (Å²) in [5.41, 5.74) is 1.01. The van der Waals surface area contributed by atoms with Crippen molar-refractivity contribution in [3.63, 3.8) is 0 Å². The molecule has 0 unspecified atom stereocenters. The average Bonchev–Trinajstić information content (AvgIpc) is 1.94. The second-order valence-electron chi connectivity index (χ2n) is 2.33. The second-order valence-corrected chi connectivity index (χ2v) is 4.90. The van der Waals surface area contributed by atoms with Gasteiger partial charge in [-0.15, -0.1) is 0 Å². The Hall–Kier alpha value is 0.880. The fraction of sp³-hybridized carbons (Fsp3) is 0.143. The first kappa shape index (κ1) is 18.3. The zero-order chi connectivity index (χ0) is 11.4. The number of phenolic OH excluding ortho intramolecular Hbond substituents is 1. The van der Waals surface area contributed by atoms with Crippen molar-refractivity contribution in [2.75, 3.05) is 0 Å². The van der Waals surface area contributed by atoms with Crippen molar-refractivity contribution in [3.05, 3.63) is 28.8 Å². The normalized spacial score (nSPS) is 9.73. The molecule has 5 nitrogen and oxygen atoms in total. The maximum absolute atomic E-state index is 8.97. The van der Waals surface area contributed by atoms with Crippen molar-refractivity contribution in [2.24, 2.45) is 0 Å². The monoisotopic (exact) mass is 356 g/mol. The van der Waals surface area contributed by atoms with Crippen molar-refractivity contribution in [1.82, 2.24) is 0 Å². The van der Waals surface area contributed by atoms with Crippen LogP contribution in [0.1, 0.15) is 5.56 Å². The van der Waals surface area contributed by atoms with E-state index >= 15 is 0 Å². The predicted octanol–water partition coefficient (Wildman–Crippen LogP) is -8.39. The first-order valence-electron chi connectivity index (χ1n) is 3.27. The van der Waals surface area contributed by atoms with E-state index in [-0.39, 0.29) is 35.3 Å². The van der Waals surface area contributed by atoms with Gasteiger partial charge in [0.25, 0.3) is 0 Å². The topological polar surface area (TPSA) is 112 Å². The summed E-state index contributed by atoms with van der Waals surface area (Å²) >= 11 is -0.409. The van der Waals surface area contributed by atoms with E-state index in [1.165, 1.54) is 0 Å².